The van der Waals surface area contributed by atoms with Crippen LogP contribution in [-0.4, -0.2) is 10.9 Å². The summed E-state index contributed by atoms with van der Waals surface area (Å²) in [6, 6.07) is 13.2. The monoisotopic (exact) mass is 326 g/mol. The number of halogens is 1. The molecule has 2 saturated carbocycles. The third-order valence-electron chi connectivity index (χ3n) is 5.16. The van der Waals surface area contributed by atoms with Crippen LogP contribution in [0.4, 0.5) is 0 Å². The van der Waals surface area contributed by atoms with Gasteiger partial charge in [0.05, 0.1) is 11.7 Å². The topological polar surface area (TPSA) is 42.0 Å². The number of hydrogen-bond acceptors (Lipinski definition) is 2. The molecule has 23 heavy (non-hydrogen) atoms. The lowest BCUT2D eigenvalue weighted by Gasteiger charge is -2.19. The van der Waals surface area contributed by atoms with E-state index in [0.29, 0.717) is 16.9 Å². The lowest BCUT2D eigenvalue weighted by molar-refractivity contribution is -0.123. The molecule has 1 N–H and O–H groups in total. The van der Waals surface area contributed by atoms with E-state index >= 15 is 0 Å². The van der Waals surface area contributed by atoms with E-state index in [0.717, 1.165) is 11.3 Å². The minimum atomic E-state index is -0.247. The fourth-order valence-corrected chi connectivity index (χ4v) is 4.21. The van der Waals surface area contributed by atoms with Crippen LogP contribution in [-0.2, 0) is 4.79 Å². The van der Waals surface area contributed by atoms with Crippen LogP contribution < -0.4 is 5.32 Å². The van der Waals surface area contributed by atoms with E-state index in [1.54, 1.807) is 6.20 Å². The summed E-state index contributed by atoms with van der Waals surface area (Å²) in [7, 11) is 0. The first kappa shape index (κ1) is 14.7. The molecule has 2 aliphatic carbocycles. The van der Waals surface area contributed by atoms with Crippen LogP contribution in [0.15, 0.2) is 48.7 Å². The number of nitrogens with one attached hydrogen (secondary N) is 1. The summed E-state index contributed by atoms with van der Waals surface area (Å²) in [5, 5.41) is 3.87. The van der Waals surface area contributed by atoms with Crippen molar-refractivity contribution in [1.29, 1.82) is 0 Å². The van der Waals surface area contributed by atoms with Crippen LogP contribution in [0.1, 0.15) is 36.6 Å². The molecule has 0 saturated heterocycles. The molecule has 0 unspecified atom stereocenters. The van der Waals surface area contributed by atoms with Gasteiger partial charge >= 0.3 is 0 Å². The SMILES string of the molecule is O=C(N[C@H](c1cccc(Cl)c1)c1ccccn1)C1[C@H]2CCC[C@H]12. The summed E-state index contributed by atoms with van der Waals surface area (Å²) in [5.74, 6) is 1.59. The molecular weight excluding hydrogens is 308 g/mol. The molecule has 2 fully saturated rings. The Morgan fingerprint density at radius 3 is 2.70 bits per heavy atom. The van der Waals surface area contributed by atoms with Crippen LogP contribution in [0.5, 0.6) is 0 Å². The average Bonchev–Trinajstić information content (AvgIpc) is 3.06. The summed E-state index contributed by atoms with van der Waals surface area (Å²) in [6.07, 6.45) is 5.43. The van der Waals surface area contributed by atoms with Crippen molar-refractivity contribution in [1.82, 2.24) is 10.3 Å². The Balaban J connectivity index is 1.59. The van der Waals surface area contributed by atoms with Gasteiger partial charge in [-0.3, -0.25) is 9.78 Å². The van der Waals surface area contributed by atoms with E-state index in [-0.39, 0.29) is 17.9 Å². The Labute approximate surface area is 141 Å². The van der Waals surface area contributed by atoms with Crippen molar-refractivity contribution < 1.29 is 4.79 Å². The first-order valence-corrected chi connectivity index (χ1v) is 8.58. The van der Waals surface area contributed by atoms with Gasteiger partial charge in [-0.2, -0.15) is 0 Å². The van der Waals surface area contributed by atoms with E-state index in [1.165, 1.54) is 19.3 Å². The highest BCUT2D eigenvalue weighted by Crippen LogP contribution is 2.57. The van der Waals surface area contributed by atoms with Crippen molar-refractivity contribution in [3.8, 4) is 0 Å². The molecule has 0 spiro atoms. The van der Waals surface area contributed by atoms with Crippen LogP contribution in [0.25, 0.3) is 0 Å². The average molecular weight is 327 g/mol. The number of fused-ring (bicyclic) bond motifs is 1. The Bertz CT molecular complexity index is 708. The van der Waals surface area contributed by atoms with Gasteiger partial charge in [-0.25, -0.2) is 0 Å². The second-order valence-electron chi connectivity index (χ2n) is 6.54. The third kappa shape index (κ3) is 2.86. The van der Waals surface area contributed by atoms with Crippen molar-refractivity contribution in [2.45, 2.75) is 25.3 Å². The summed E-state index contributed by atoms with van der Waals surface area (Å²) in [5.41, 5.74) is 1.81. The van der Waals surface area contributed by atoms with E-state index in [4.69, 9.17) is 11.6 Å². The molecule has 0 aliphatic heterocycles. The van der Waals surface area contributed by atoms with Gasteiger partial charge in [-0.15, -0.1) is 0 Å². The maximum Gasteiger partial charge on any atom is 0.224 e. The minimum absolute atomic E-state index is 0.162. The first-order valence-electron chi connectivity index (χ1n) is 8.21. The zero-order valence-corrected chi connectivity index (χ0v) is 13.5. The van der Waals surface area contributed by atoms with Gasteiger partial charge in [0, 0.05) is 17.1 Å². The molecule has 1 amide bonds. The first-order chi connectivity index (χ1) is 11.2. The van der Waals surface area contributed by atoms with Crippen molar-refractivity contribution in [3.05, 3.63) is 64.9 Å². The maximum atomic E-state index is 12.7. The molecule has 2 aliphatic rings. The van der Waals surface area contributed by atoms with Crippen molar-refractivity contribution in [2.24, 2.45) is 17.8 Å². The van der Waals surface area contributed by atoms with Crippen molar-refractivity contribution >= 4 is 17.5 Å². The summed E-state index contributed by atoms with van der Waals surface area (Å²) in [6.45, 7) is 0. The quantitative estimate of drug-likeness (QED) is 0.923. The fraction of sp³-hybridized carbons (Fsp3) is 0.368. The number of carbonyl (C=O) groups excluding carboxylic acids is 1. The number of rotatable bonds is 4. The molecule has 0 bridgehead atoms. The molecule has 1 aromatic carbocycles. The largest absolute Gasteiger partial charge is 0.343 e. The molecule has 0 radical (unpaired) electrons. The summed E-state index contributed by atoms with van der Waals surface area (Å²) >= 11 is 6.13. The zero-order valence-electron chi connectivity index (χ0n) is 12.8. The predicted molar refractivity (Wildman–Crippen MR) is 90.0 cm³/mol. The van der Waals surface area contributed by atoms with E-state index < -0.39 is 0 Å². The summed E-state index contributed by atoms with van der Waals surface area (Å²) in [4.78, 5) is 17.1. The Kier molecular flexibility index (Phi) is 3.82. The normalized spacial score (nSPS) is 26.4. The van der Waals surface area contributed by atoms with E-state index in [1.807, 2.05) is 42.5 Å². The standard InChI is InChI=1S/C19H19ClN2O/c20-13-6-3-5-12(11-13)18(16-9-1-2-10-21-16)22-19(23)17-14-7-4-8-15(14)17/h1-3,5-6,9-11,14-15,17-18H,4,7-8H2,(H,22,23)/t14-,15-,18+/m0/s1. The molecule has 4 rings (SSSR count). The van der Waals surface area contributed by atoms with Crippen LogP contribution >= 0.6 is 11.6 Å². The molecule has 3 nitrogen and oxygen atoms in total. The van der Waals surface area contributed by atoms with Crippen LogP contribution in [0.2, 0.25) is 5.02 Å². The highest BCUT2D eigenvalue weighted by molar-refractivity contribution is 6.30. The number of amides is 1. The van der Waals surface area contributed by atoms with Gasteiger partial charge in [-0.05, 0) is 54.5 Å². The fourth-order valence-electron chi connectivity index (χ4n) is 4.01. The Morgan fingerprint density at radius 1 is 1.17 bits per heavy atom. The lowest BCUT2D eigenvalue weighted by atomic mass is 10.0. The zero-order chi connectivity index (χ0) is 15.8. The van der Waals surface area contributed by atoms with Crippen LogP contribution in [0.3, 0.4) is 0 Å². The molecule has 1 aromatic heterocycles. The van der Waals surface area contributed by atoms with Gasteiger partial charge in [-0.1, -0.05) is 36.2 Å². The van der Waals surface area contributed by atoms with E-state index in [2.05, 4.69) is 10.3 Å². The number of nitrogens with zero attached hydrogens (tertiary/aromatic N) is 1. The van der Waals surface area contributed by atoms with Gasteiger partial charge < -0.3 is 5.32 Å². The smallest absolute Gasteiger partial charge is 0.224 e. The molecule has 1 heterocycles. The van der Waals surface area contributed by atoms with Crippen LogP contribution in [0, 0.1) is 17.8 Å². The van der Waals surface area contributed by atoms with Crippen molar-refractivity contribution in [2.75, 3.05) is 0 Å². The number of hydrogen-bond donors (Lipinski definition) is 1. The van der Waals surface area contributed by atoms with Crippen molar-refractivity contribution in [3.63, 3.8) is 0 Å². The van der Waals surface area contributed by atoms with Gasteiger partial charge in [0.1, 0.15) is 0 Å². The minimum Gasteiger partial charge on any atom is -0.343 e. The van der Waals surface area contributed by atoms with Gasteiger partial charge in [0.15, 0.2) is 0 Å². The Morgan fingerprint density at radius 2 is 2.00 bits per heavy atom. The molecule has 4 heteroatoms. The number of benzene rings is 1. The second kappa shape index (κ2) is 5.97. The summed E-state index contributed by atoms with van der Waals surface area (Å²) < 4.78 is 0. The lowest BCUT2D eigenvalue weighted by Crippen LogP contribution is -2.32. The molecule has 3 atom stereocenters. The number of pyridine rings is 1. The highest BCUT2D eigenvalue weighted by atomic mass is 35.5. The molecule has 118 valence electrons. The number of aromatic nitrogens is 1. The number of carbonyl (C=O) groups is 1. The molecule has 2 aromatic rings. The van der Waals surface area contributed by atoms with Gasteiger partial charge in [0.2, 0.25) is 5.91 Å². The molecular formula is C19H19ClN2O. The van der Waals surface area contributed by atoms with Gasteiger partial charge in [0.25, 0.3) is 0 Å². The van der Waals surface area contributed by atoms with E-state index in [9.17, 15) is 4.79 Å². The second-order valence-corrected chi connectivity index (χ2v) is 6.97. The maximum absolute atomic E-state index is 12.7. The third-order valence-corrected chi connectivity index (χ3v) is 5.40. The predicted octanol–water partition coefficient (Wildman–Crippen LogP) is 3.99. The Hall–Kier alpha value is -1.87. The highest BCUT2D eigenvalue weighted by Gasteiger charge is 2.56.